The van der Waals surface area contributed by atoms with Crippen molar-refractivity contribution in [2.24, 2.45) is 10.8 Å². The van der Waals surface area contributed by atoms with Gasteiger partial charge in [0.1, 0.15) is 0 Å². The minimum Gasteiger partial charge on any atom is -0.396 e. The second-order valence-electron chi connectivity index (χ2n) is 8.82. The summed E-state index contributed by atoms with van der Waals surface area (Å²) in [6, 6.07) is 0.923. The van der Waals surface area contributed by atoms with E-state index in [-0.39, 0.29) is 17.4 Å². The minimum absolute atomic E-state index is 0.0409. The van der Waals surface area contributed by atoms with Crippen LogP contribution < -0.4 is 5.32 Å². The first-order valence-corrected chi connectivity index (χ1v) is 8.88. The van der Waals surface area contributed by atoms with Gasteiger partial charge in [0.2, 0.25) is 5.91 Å². The minimum atomic E-state index is 0.0409. The number of hydrogen-bond acceptors (Lipinski definition) is 3. The van der Waals surface area contributed by atoms with E-state index in [4.69, 9.17) is 0 Å². The van der Waals surface area contributed by atoms with Gasteiger partial charge in [0.15, 0.2) is 0 Å². The zero-order chi connectivity index (χ0) is 16.4. The van der Waals surface area contributed by atoms with Gasteiger partial charge in [0.05, 0.1) is 0 Å². The molecule has 0 aromatic rings. The predicted molar refractivity (Wildman–Crippen MR) is 89.6 cm³/mol. The van der Waals surface area contributed by atoms with E-state index in [1.807, 2.05) is 4.90 Å². The number of amides is 1. The Labute approximate surface area is 135 Å². The van der Waals surface area contributed by atoms with Gasteiger partial charge in [-0.15, -0.1) is 0 Å². The molecule has 0 radical (unpaired) electrons. The van der Waals surface area contributed by atoms with Crippen molar-refractivity contribution >= 4 is 5.91 Å². The number of piperidine rings is 1. The Bertz CT molecular complexity index is 383. The van der Waals surface area contributed by atoms with E-state index in [0.717, 1.165) is 32.4 Å². The van der Waals surface area contributed by atoms with E-state index < -0.39 is 0 Å². The second kappa shape index (κ2) is 6.88. The third-order valence-corrected chi connectivity index (χ3v) is 5.41. The molecule has 4 nitrogen and oxygen atoms in total. The van der Waals surface area contributed by atoms with Gasteiger partial charge in [-0.3, -0.25) is 4.79 Å². The SMILES string of the molecule is CC(C)(C)CC(=O)N1CCC(NC2CCCC2(C)CO)CC1. The van der Waals surface area contributed by atoms with Crippen LogP contribution in [0.1, 0.15) is 66.2 Å². The molecule has 128 valence electrons. The lowest BCUT2D eigenvalue weighted by atomic mass is 9.85. The van der Waals surface area contributed by atoms with Crippen LogP contribution in [0.25, 0.3) is 0 Å². The number of aliphatic hydroxyl groups excluding tert-OH is 1. The lowest BCUT2D eigenvalue weighted by molar-refractivity contribution is -0.134. The molecule has 1 amide bonds. The van der Waals surface area contributed by atoms with Crippen LogP contribution >= 0.6 is 0 Å². The average molecular weight is 310 g/mol. The monoisotopic (exact) mass is 310 g/mol. The molecular weight excluding hydrogens is 276 g/mol. The molecule has 0 aromatic heterocycles. The van der Waals surface area contributed by atoms with Gasteiger partial charge < -0.3 is 15.3 Å². The predicted octanol–water partition coefficient (Wildman–Crippen LogP) is 2.55. The van der Waals surface area contributed by atoms with Crippen LogP contribution in [0.4, 0.5) is 0 Å². The molecule has 1 aliphatic heterocycles. The maximum Gasteiger partial charge on any atom is 0.223 e. The number of carbonyl (C=O) groups is 1. The van der Waals surface area contributed by atoms with Crippen LogP contribution in [0.5, 0.6) is 0 Å². The number of rotatable bonds is 4. The molecule has 0 aromatic carbocycles. The fourth-order valence-electron chi connectivity index (χ4n) is 3.85. The molecule has 1 aliphatic carbocycles. The molecular formula is C18H34N2O2. The lowest BCUT2D eigenvalue weighted by Gasteiger charge is -2.38. The number of hydrogen-bond donors (Lipinski definition) is 2. The van der Waals surface area contributed by atoms with E-state index in [1.165, 1.54) is 12.8 Å². The van der Waals surface area contributed by atoms with Crippen molar-refractivity contribution in [3.8, 4) is 0 Å². The summed E-state index contributed by atoms with van der Waals surface area (Å²) in [5.41, 5.74) is 0.109. The first kappa shape index (κ1) is 17.7. The largest absolute Gasteiger partial charge is 0.396 e. The average Bonchev–Trinajstić information content (AvgIpc) is 2.80. The molecule has 22 heavy (non-hydrogen) atoms. The molecule has 2 unspecified atom stereocenters. The molecule has 1 saturated heterocycles. The quantitative estimate of drug-likeness (QED) is 0.839. The van der Waals surface area contributed by atoms with Crippen molar-refractivity contribution in [2.75, 3.05) is 19.7 Å². The van der Waals surface area contributed by atoms with Gasteiger partial charge in [0, 0.05) is 43.6 Å². The number of carbonyl (C=O) groups excluding carboxylic acids is 1. The molecule has 0 spiro atoms. The van der Waals surface area contributed by atoms with Gasteiger partial charge in [-0.05, 0) is 31.1 Å². The molecule has 1 heterocycles. The summed E-state index contributed by atoms with van der Waals surface area (Å²) in [6.45, 7) is 10.6. The van der Waals surface area contributed by atoms with Gasteiger partial charge in [-0.2, -0.15) is 0 Å². The fraction of sp³-hybridized carbons (Fsp3) is 0.944. The third kappa shape index (κ3) is 4.45. The zero-order valence-corrected chi connectivity index (χ0v) is 14.8. The van der Waals surface area contributed by atoms with Crippen LogP contribution in [0.3, 0.4) is 0 Å². The van der Waals surface area contributed by atoms with E-state index in [0.29, 0.717) is 24.4 Å². The number of aliphatic hydroxyl groups is 1. The third-order valence-electron chi connectivity index (χ3n) is 5.41. The first-order chi connectivity index (χ1) is 10.2. The van der Waals surface area contributed by atoms with E-state index in [2.05, 4.69) is 33.0 Å². The lowest BCUT2D eigenvalue weighted by Crippen LogP contribution is -2.51. The van der Waals surface area contributed by atoms with Crippen molar-refractivity contribution in [1.29, 1.82) is 0 Å². The number of likely N-dealkylation sites (tertiary alicyclic amines) is 1. The molecule has 2 atom stereocenters. The Balaban J connectivity index is 1.79. The highest BCUT2D eigenvalue weighted by atomic mass is 16.3. The first-order valence-electron chi connectivity index (χ1n) is 8.88. The Morgan fingerprint density at radius 2 is 1.91 bits per heavy atom. The summed E-state index contributed by atoms with van der Waals surface area (Å²) in [5.74, 6) is 0.298. The maximum atomic E-state index is 12.3. The van der Waals surface area contributed by atoms with E-state index in [1.54, 1.807) is 0 Å². The van der Waals surface area contributed by atoms with Gasteiger partial charge >= 0.3 is 0 Å². The fourth-order valence-corrected chi connectivity index (χ4v) is 3.85. The Kier molecular flexibility index (Phi) is 5.54. The molecule has 1 saturated carbocycles. The van der Waals surface area contributed by atoms with Crippen LogP contribution in [0.15, 0.2) is 0 Å². The molecule has 4 heteroatoms. The molecule has 2 rings (SSSR count). The summed E-state index contributed by atoms with van der Waals surface area (Å²) in [7, 11) is 0. The zero-order valence-electron chi connectivity index (χ0n) is 14.8. The highest BCUT2D eigenvalue weighted by molar-refractivity contribution is 5.76. The Morgan fingerprint density at radius 1 is 1.27 bits per heavy atom. The highest BCUT2D eigenvalue weighted by Crippen LogP contribution is 2.38. The smallest absolute Gasteiger partial charge is 0.223 e. The van der Waals surface area contributed by atoms with Crippen LogP contribution in [-0.4, -0.2) is 47.7 Å². The van der Waals surface area contributed by atoms with Crippen molar-refractivity contribution in [3.05, 3.63) is 0 Å². The normalized spacial score (nSPS) is 30.8. The summed E-state index contributed by atoms with van der Waals surface area (Å²) >= 11 is 0. The summed E-state index contributed by atoms with van der Waals surface area (Å²) in [6.07, 6.45) is 6.19. The Morgan fingerprint density at radius 3 is 2.45 bits per heavy atom. The van der Waals surface area contributed by atoms with Crippen molar-refractivity contribution in [2.45, 2.75) is 78.3 Å². The standard InChI is InChI=1S/C18H34N2O2/c1-17(2,3)12-16(22)20-10-7-14(8-11-20)19-15-6-5-9-18(15,4)13-21/h14-15,19,21H,5-13H2,1-4H3. The summed E-state index contributed by atoms with van der Waals surface area (Å²) in [4.78, 5) is 14.3. The highest BCUT2D eigenvalue weighted by Gasteiger charge is 2.39. The van der Waals surface area contributed by atoms with E-state index >= 15 is 0 Å². The van der Waals surface area contributed by atoms with Crippen LogP contribution in [0.2, 0.25) is 0 Å². The molecule has 0 bridgehead atoms. The van der Waals surface area contributed by atoms with Gasteiger partial charge in [-0.1, -0.05) is 34.1 Å². The molecule has 2 fully saturated rings. The number of nitrogens with zero attached hydrogens (tertiary/aromatic N) is 1. The molecule has 2 N–H and O–H groups in total. The van der Waals surface area contributed by atoms with Gasteiger partial charge in [-0.25, -0.2) is 0 Å². The van der Waals surface area contributed by atoms with Crippen molar-refractivity contribution in [1.82, 2.24) is 10.2 Å². The van der Waals surface area contributed by atoms with Crippen LogP contribution in [0, 0.1) is 10.8 Å². The Hall–Kier alpha value is -0.610. The van der Waals surface area contributed by atoms with Crippen LogP contribution in [-0.2, 0) is 4.79 Å². The summed E-state index contributed by atoms with van der Waals surface area (Å²) in [5, 5.41) is 13.4. The summed E-state index contributed by atoms with van der Waals surface area (Å²) < 4.78 is 0. The second-order valence-corrected chi connectivity index (χ2v) is 8.82. The maximum absolute atomic E-state index is 12.3. The van der Waals surface area contributed by atoms with Gasteiger partial charge in [0.25, 0.3) is 0 Å². The van der Waals surface area contributed by atoms with Crippen molar-refractivity contribution < 1.29 is 9.90 Å². The topological polar surface area (TPSA) is 52.6 Å². The number of nitrogens with one attached hydrogen (secondary N) is 1. The molecule has 2 aliphatic rings. The van der Waals surface area contributed by atoms with E-state index in [9.17, 15) is 9.90 Å². The van der Waals surface area contributed by atoms with Crippen molar-refractivity contribution in [3.63, 3.8) is 0 Å².